The van der Waals surface area contributed by atoms with E-state index in [4.69, 9.17) is 45.6 Å². The first-order chi connectivity index (χ1) is 5.38. The number of hydrogen-bond acceptors (Lipinski definition) is 3. The van der Waals surface area contributed by atoms with Crippen molar-refractivity contribution in [3.63, 3.8) is 0 Å². The zero-order chi connectivity index (χ0) is 9.78. The van der Waals surface area contributed by atoms with Crippen LogP contribution in [-0.4, -0.2) is 21.0 Å². The van der Waals surface area contributed by atoms with Crippen molar-refractivity contribution in [3.8, 4) is 0 Å². The normalized spacial score (nSPS) is 14.7. The third-order valence-corrected chi connectivity index (χ3v) is 1.58. The van der Waals surface area contributed by atoms with Gasteiger partial charge in [-0.1, -0.05) is 34.8 Å². The van der Waals surface area contributed by atoms with Crippen molar-refractivity contribution >= 4 is 40.7 Å². The Morgan fingerprint density at radius 2 is 2.08 bits per heavy atom. The quantitative estimate of drug-likeness (QED) is 0.286. The summed E-state index contributed by atoms with van der Waals surface area (Å²) in [6.45, 7) is 0. The minimum Gasteiger partial charge on any atom is -0.515 e. The van der Waals surface area contributed by atoms with Gasteiger partial charge in [0.15, 0.2) is 0 Å². The summed E-state index contributed by atoms with van der Waals surface area (Å²) in [5.41, 5.74) is 5.24. The van der Waals surface area contributed by atoms with E-state index in [0.717, 1.165) is 6.08 Å². The number of hydrogen-bond donors (Lipinski definition) is 3. The van der Waals surface area contributed by atoms with Crippen LogP contribution in [0.25, 0.3) is 0 Å². The lowest BCUT2D eigenvalue weighted by Gasteiger charge is -2.19. The molecular weight excluding hydrogens is 226 g/mol. The van der Waals surface area contributed by atoms with Gasteiger partial charge < -0.3 is 16.2 Å². The maximum Gasteiger partial charge on any atom is 0.248 e. The van der Waals surface area contributed by atoms with E-state index in [1.165, 1.54) is 0 Å². The molecule has 7 heteroatoms. The van der Waals surface area contributed by atoms with E-state index in [1.54, 1.807) is 0 Å². The van der Waals surface area contributed by atoms with Crippen LogP contribution in [0.5, 0.6) is 0 Å². The number of aliphatic hydroxyl groups excluding tert-OH is 1. The number of alkyl halides is 3. The van der Waals surface area contributed by atoms with Crippen molar-refractivity contribution in [1.82, 2.24) is 5.32 Å². The third-order valence-electron chi connectivity index (χ3n) is 0.876. The molecule has 0 aromatic carbocycles. The van der Waals surface area contributed by atoms with Gasteiger partial charge in [0.2, 0.25) is 9.70 Å². The van der Waals surface area contributed by atoms with E-state index in [9.17, 15) is 4.79 Å². The Kier molecular flexibility index (Phi) is 4.70. The molecule has 4 N–H and O–H groups in total. The second-order valence-corrected chi connectivity index (χ2v) is 4.21. The number of rotatable bonds is 2. The van der Waals surface area contributed by atoms with E-state index < -0.39 is 15.9 Å². The van der Waals surface area contributed by atoms with Crippen molar-refractivity contribution in [3.05, 3.63) is 12.3 Å². The fourth-order valence-electron chi connectivity index (χ4n) is 0.351. The second kappa shape index (κ2) is 4.77. The lowest BCUT2D eigenvalue weighted by Crippen LogP contribution is -2.49. The maximum atomic E-state index is 10.7. The van der Waals surface area contributed by atoms with Gasteiger partial charge in [-0.15, -0.1) is 0 Å². The van der Waals surface area contributed by atoms with Crippen molar-refractivity contribution < 1.29 is 9.90 Å². The molecule has 0 saturated heterocycles. The van der Waals surface area contributed by atoms with Crippen LogP contribution in [0.2, 0.25) is 0 Å². The summed E-state index contributed by atoms with van der Waals surface area (Å²) in [4.78, 5) is 10.7. The molecule has 70 valence electrons. The van der Waals surface area contributed by atoms with E-state index in [1.807, 2.05) is 0 Å². The second-order valence-electron chi connectivity index (χ2n) is 1.84. The first-order valence-electron chi connectivity index (χ1n) is 2.81. The van der Waals surface area contributed by atoms with Gasteiger partial charge in [-0.3, -0.25) is 4.79 Å². The predicted molar refractivity (Wildman–Crippen MR) is 48.2 cm³/mol. The molecule has 0 fully saturated rings. The van der Waals surface area contributed by atoms with E-state index in [-0.39, 0.29) is 0 Å². The highest BCUT2D eigenvalue weighted by molar-refractivity contribution is 6.68. The molecule has 0 rings (SSSR count). The molecule has 0 aromatic rings. The topological polar surface area (TPSA) is 75.3 Å². The first-order valence-corrected chi connectivity index (χ1v) is 3.95. The molecule has 12 heavy (non-hydrogen) atoms. The Bertz CT molecular complexity index is 190. The molecule has 0 aliphatic heterocycles. The summed E-state index contributed by atoms with van der Waals surface area (Å²) >= 11 is 16.0. The monoisotopic (exact) mass is 232 g/mol. The highest BCUT2D eigenvalue weighted by atomic mass is 35.6. The molecule has 1 amide bonds. The fraction of sp³-hybridized carbons (Fsp3) is 0.400. The van der Waals surface area contributed by atoms with Gasteiger partial charge >= 0.3 is 0 Å². The fourth-order valence-corrected chi connectivity index (χ4v) is 0.515. The Balaban J connectivity index is 4.01. The Labute approximate surface area is 84.3 Å². The van der Waals surface area contributed by atoms with Gasteiger partial charge in [0, 0.05) is 6.08 Å². The minimum absolute atomic E-state index is 0.556. The smallest absolute Gasteiger partial charge is 0.248 e. The van der Waals surface area contributed by atoms with Crippen LogP contribution in [-0.2, 0) is 4.79 Å². The van der Waals surface area contributed by atoms with Crippen molar-refractivity contribution in [1.29, 1.82) is 0 Å². The summed E-state index contributed by atoms with van der Waals surface area (Å²) in [5.74, 6) is -0.642. The highest BCUT2D eigenvalue weighted by Crippen LogP contribution is 2.27. The average molecular weight is 233 g/mol. The molecule has 1 atom stereocenters. The zero-order valence-corrected chi connectivity index (χ0v) is 8.07. The molecular formula is C5H7Cl3N2O2. The van der Waals surface area contributed by atoms with Gasteiger partial charge in [-0.05, 0) is 0 Å². The third kappa shape index (κ3) is 4.66. The summed E-state index contributed by atoms with van der Waals surface area (Å²) < 4.78 is -1.76. The molecule has 1 unspecified atom stereocenters. The summed E-state index contributed by atoms with van der Waals surface area (Å²) in [6, 6.07) is 0. The maximum absolute atomic E-state index is 10.7. The van der Waals surface area contributed by atoms with Gasteiger partial charge in [0.1, 0.15) is 6.17 Å². The van der Waals surface area contributed by atoms with Crippen molar-refractivity contribution in [2.24, 2.45) is 5.73 Å². The van der Waals surface area contributed by atoms with Crippen LogP contribution in [0.3, 0.4) is 0 Å². The Morgan fingerprint density at radius 1 is 1.58 bits per heavy atom. The first kappa shape index (κ1) is 11.8. The summed E-state index contributed by atoms with van der Waals surface area (Å²) in [7, 11) is 0. The van der Waals surface area contributed by atoms with Crippen LogP contribution in [0.4, 0.5) is 0 Å². The standard InChI is InChI=1S/C5H7Cl3N2O2/c6-5(7,8)4(9)10-3(12)1-2-11/h1-2,4,11H,9H2,(H,10,12)/b2-1+. The summed E-state index contributed by atoms with van der Waals surface area (Å²) in [6.07, 6.45) is 0.280. The van der Waals surface area contributed by atoms with Crippen molar-refractivity contribution in [2.45, 2.75) is 9.96 Å². The van der Waals surface area contributed by atoms with Gasteiger partial charge in [-0.25, -0.2) is 0 Å². The van der Waals surface area contributed by atoms with Crippen LogP contribution in [0.15, 0.2) is 12.3 Å². The predicted octanol–water partition coefficient (Wildman–Crippen LogP) is 0.829. The number of carbonyl (C=O) groups is 1. The van der Waals surface area contributed by atoms with E-state index in [2.05, 4.69) is 5.32 Å². The lowest BCUT2D eigenvalue weighted by atomic mass is 10.5. The number of halogens is 3. The summed E-state index contributed by atoms with van der Waals surface area (Å²) in [5, 5.41) is 10.3. The van der Waals surface area contributed by atoms with Crippen LogP contribution in [0, 0.1) is 0 Å². The molecule has 0 spiro atoms. The SMILES string of the molecule is NC(NC(=O)/C=C/O)C(Cl)(Cl)Cl. The molecule has 0 saturated carbocycles. The molecule has 0 heterocycles. The number of nitrogens with two attached hydrogens (primary N) is 1. The lowest BCUT2D eigenvalue weighted by molar-refractivity contribution is -0.117. The average Bonchev–Trinajstić information content (AvgIpc) is 1.85. The molecule has 0 bridgehead atoms. The molecule has 0 aromatic heterocycles. The highest BCUT2D eigenvalue weighted by Gasteiger charge is 2.29. The van der Waals surface area contributed by atoms with Gasteiger partial charge in [-0.2, -0.15) is 0 Å². The largest absolute Gasteiger partial charge is 0.515 e. The number of carbonyl (C=O) groups excluding carboxylic acids is 1. The molecule has 0 radical (unpaired) electrons. The Morgan fingerprint density at radius 3 is 2.42 bits per heavy atom. The number of amides is 1. The molecule has 0 aliphatic carbocycles. The van der Waals surface area contributed by atoms with E-state index >= 15 is 0 Å². The van der Waals surface area contributed by atoms with Gasteiger partial charge in [0.05, 0.1) is 6.26 Å². The number of aliphatic hydroxyl groups is 1. The van der Waals surface area contributed by atoms with E-state index in [0.29, 0.717) is 6.26 Å². The van der Waals surface area contributed by atoms with Gasteiger partial charge in [0.25, 0.3) is 0 Å². The zero-order valence-electron chi connectivity index (χ0n) is 5.80. The number of nitrogens with one attached hydrogen (secondary N) is 1. The Hall–Kier alpha value is -0.160. The van der Waals surface area contributed by atoms with Crippen LogP contribution >= 0.6 is 34.8 Å². The van der Waals surface area contributed by atoms with Crippen LogP contribution < -0.4 is 11.1 Å². The molecule has 4 nitrogen and oxygen atoms in total. The molecule has 0 aliphatic rings. The van der Waals surface area contributed by atoms with Crippen LogP contribution in [0.1, 0.15) is 0 Å². The van der Waals surface area contributed by atoms with Crippen molar-refractivity contribution in [2.75, 3.05) is 0 Å². The minimum atomic E-state index is -1.76.